The fourth-order valence-electron chi connectivity index (χ4n) is 4.45. The molecule has 1 fully saturated rings. The van der Waals surface area contributed by atoms with Gasteiger partial charge in [-0.15, -0.1) is 0 Å². The Hall–Kier alpha value is -3.69. The molecule has 1 aliphatic rings. The highest BCUT2D eigenvalue weighted by Gasteiger charge is 2.34. The van der Waals surface area contributed by atoms with Crippen molar-refractivity contribution in [3.63, 3.8) is 0 Å². The van der Waals surface area contributed by atoms with Gasteiger partial charge in [-0.05, 0) is 42.3 Å². The lowest BCUT2D eigenvalue weighted by Gasteiger charge is -2.34. The summed E-state index contributed by atoms with van der Waals surface area (Å²) in [4.78, 5) is 6.37. The Labute approximate surface area is 246 Å². The summed E-state index contributed by atoms with van der Waals surface area (Å²) in [5, 5.41) is 7.04. The molecular formula is C28H35N5O7S2. The van der Waals surface area contributed by atoms with Crippen LogP contribution in [-0.4, -0.2) is 71.4 Å². The third-order valence-electron chi connectivity index (χ3n) is 6.39. The highest BCUT2D eigenvalue weighted by atomic mass is 32.2. The van der Waals surface area contributed by atoms with Crippen molar-refractivity contribution >= 4 is 26.1 Å². The highest BCUT2D eigenvalue weighted by molar-refractivity contribution is 7.91. The van der Waals surface area contributed by atoms with Crippen molar-refractivity contribution in [2.45, 2.75) is 29.7 Å². The first-order valence-electron chi connectivity index (χ1n) is 13.3. The van der Waals surface area contributed by atoms with Crippen LogP contribution in [0.25, 0.3) is 0 Å². The molecule has 3 aromatic carbocycles. The maximum absolute atomic E-state index is 13.6. The molecule has 14 heteroatoms. The van der Waals surface area contributed by atoms with Gasteiger partial charge in [-0.1, -0.05) is 42.5 Å². The summed E-state index contributed by atoms with van der Waals surface area (Å²) in [6.07, 6.45) is 0.467. The topological polar surface area (TPSA) is 164 Å². The van der Waals surface area contributed by atoms with E-state index in [9.17, 15) is 16.8 Å². The van der Waals surface area contributed by atoms with E-state index in [1.54, 1.807) is 13.0 Å². The zero-order valence-corrected chi connectivity index (χ0v) is 24.9. The van der Waals surface area contributed by atoms with Crippen LogP contribution in [0.5, 0.6) is 11.5 Å². The fourth-order valence-corrected chi connectivity index (χ4v) is 7.56. The van der Waals surface area contributed by atoms with Gasteiger partial charge in [-0.3, -0.25) is 15.1 Å². The van der Waals surface area contributed by atoms with Gasteiger partial charge in [0, 0.05) is 45.2 Å². The number of sulfonamides is 1. The smallest absolute Gasteiger partial charge is 0.340 e. The summed E-state index contributed by atoms with van der Waals surface area (Å²) in [5.41, 5.74) is 9.18. The van der Waals surface area contributed by atoms with E-state index in [-0.39, 0.29) is 42.9 Å². The molecule has 1 heterocycles. The van der Waals surface area contributed by atoms with Crippen LogP contribution in [0.4, 0.5) is 0 Å². The largest absolute Gasteiger partial charge is 0.493 e. The molecule has 0 saturated carbocycles. The molecule has 3 aromatic rings. The number of guanidine groups is 1. The number of hydrogen-bond acceptors (Lipinski definition) is 9. The first kappa shape index (κ1) is 31.3. The van der Waals surface area contributed by atoms with Crippen molar-refractivity contribution in [3.05, 3.63) is 83.9 Å². The minimum Gasteiger partial charge on any atom is -0.493 e. The standard InChI is InChI=1S/C28H35N5O7S2/c1-22-18-24(38-16-7-17-39-31-28(29)30)20-25(19-22)40-42(36,37)27-11-6-5-10-26(27)41(34,35)33-14-12-32(13-15-33)21-23-8-3-2-4-9-23/h2-6,8-11,18-20H,7,12-17,21H2,1H3,(H4,29,30,31). The summed E-state index contributed by atoms with van der Waals surface area (Å²) >= 11 is 0. The van der Waals surface area contributed by atoms with Gasteiger partial charge in [0.25, 0.3) is 0 Å². The normalized spacial score (nSPS) is 14.8. The first-order chi connectivity index (χ1) is 20.0. The molecule has 0 atom stereocenters. The molecule has 0 bridgehead atoms. The predicted molar refractivity (Wildman–Crippen MR) is 157 cm³/mol. The quantitative estimate of drug-likeness (QED) is 0.0853. The van der Waals surface area contributed by atoms with Crippen molar-refractivity contribution in [2.24, 2.45) is 5.73 Å². The molecule has 0 unspecified atom stereocenters. The maximum atomic E-state index is 13.6. The van der Waals surface area contributed by atoms with Gasteiger partial charge in [0.15, 0.2) is 0 Å². The maximum Gasteiger partial charge on any atom is 0.340 e. The van der Waals surface area contributed by atoms with E-state index in [1.807, 2.05) is 30.3 Å². The molecule has 0 spiro atoms. The van der Waals surface area contributed by atoms with Gasteiger partial charge >= 0.3 is 10.1 Å². The van der Waals surface area contributed by atoms with Crippen LogP contribution in [0.2, 0.25) is 0 Å². The third-order valence-corrected chi connectivity index (χ3v) is 9.78. The number of nitrogens with two attached hydrogens (primary N) is 1. The average molecular weight is 618 g/mol. The predicted octanol–water partition coefficient (Wildman–Crippen LogP) is 2.45. The second-order valence-corrected chi connectivity index (χ2v) is 13.1. The molecule has 0 aliphatic carbocycles. The van der Waals surface area contributed by atoms with Crippen LogP contribution < -0.4 is 20.1 Å². The van der Waals surface area contributed by atoms with Crippen LogP contribution in [0.3, 0.4) is 0 Å². The van der Waals surface area contributed by atoms with Crippen LogP contribution in [0.1, 0.15) is 17.5 Å². The van der Waals surface area contributed by atoms with Gasteiger partial charge < -0.3 is 14.7 Å². The van der Waals surface area contributed by atoms with Crippen molar-refractivity contribution in [3.8, 4) is 11.5 Å². The molecule has 0 amide bonds. The zero-order valence-electron chi connectivity index (χ0n) is 23.2. The molecule has 12 nitrogen and oxygen atoms in total. The number of ether oxygens (including phenoxy) is 1. The summed E-state index contributed by atoms with van der Waals surface area (Å²) in [5.74, 6) is 0.0450. The van der Waals surface area contributed by atoms with E-state index < -0.39 is 25.0 Å². The Morgan fingerprint density at radius 2 is 1.52 bits per heavy atom. The summed E-state index contributed by atoms with van der Waals surface area (Å²) in [7, 11) is -8.64. The Balaban J connectivity index is 1.43. The molecule has 226 valence electrons. The molecular weight excluding hydrogens is 582 g/mol. The molecule has 42 heavy (non-hydrogen) atoms. The minimum atomic E-state index is -4.52. The van der Waals surface area contributed by atoms with E-state index in [1.165, 1.54) is 40.7 Å². The van der Waals surface area contributed by atoms with Gasteiger partial charge in [-0.2, -0.15) is 12.7 Å². The Morgan fingerprint density at radius 3 is 2.21 bits per heavy atom. The van der Waals surface area contributed by atoms with Crippen molar-refractivity contribution in [1.82, 2.24) is 14.7 Å². The molecule has 1 aliphatic heterocycles. The first-order valence-corrected chi connectivity index (χ1v) is 16.2. The number of piperazine rings is 1. The number of hydroxylamine groups is 1. The van der Waals surface area contributed by atoms with Gasteiger partial charge in [0.1, 0.15) is 21.3 Å². The van der Waals surface area contributed by atoms with Crippen molar-refractivity contribution < 1.29 is 30.6 Å². The average Bonchev–Trinajstić information content (AvgIpc) is 2.95. The molecule has 0 aromatic heterocycles. The monoisotopic (exact) mass is 617 g/mol. The van der Waals surface area contributed by atoms with E-state index in [0.29, 0.717) is 37.4 Å². The third kappa shape index (κ3) is 8.42. The highest BCUT2D eigenvalue weighted by Crippen LogP contribution is 2.30. The summed E-state index contributed by atoms with van der Waals surface area (Å²) in [6, 6.07) is 20.1. The fraction of sp³-hybridized carbons (Fsp3) is 0.321. The van der Waals surface area contributed by atoms with Gasteiger partial charge in [-0.25, -0.2) is 13.9 Å². The summed E-state index contributed by atoms with van der Waals surface area (Å²) < 4.78 is 66.5. The molecule has 4 rings (SSSR count). The lowest BCUT2D eigenvalue weighted by atomic mass is 10.2. The number of aryl methyl sites for hydroxylation is 1. The molecule has 1 saturated heterocycles. The van der Waals surface area contributed by atoms with Crippen molar-refractivity contribution in [2.75, 3.05) is 39.4 Å². The van der Waals surface area contributed by atoms with Crippen LogP contribution in [0, 0.1) is 12.3 Å². The minimum absolute atomic E-state index is 0.0128. The molecule has 0 radical (unpaired) electrons. The van der Waals surface area contributed by atoms with E-state index in [2.05, 4.69) is 10.4 Å². The van der Waals surface area contributed by atoms with Gasteiger partial charge in [0.05, 0.1) is 13.2 Å². The molecule has 4 N–H and O–H groups in total. The second kappa shape index (κ2) is 14.0. The SMILES string of the molecule is Cc1cc(OCCCONC(=N)N)cc(OS(=O)(=O)c2ccccc2S(=O)(=O)N2CCN(Cc3ccccc3)CC2)c1. The Kier molecular flexibility index (Phi) is 10.4. The Bertz CT molecular complexity index is 1580. The second-order valence-electron chi connectivity index (χ2n) is 9.70. The number of rotatable bonds is 13. The van der Waals surface area contributed by atoms with E-state index in [0.717, 1.165) is 5.56 Å². The summed E-state index contributed by atoms with van der Waals surface area (Å²) in [6.45, 7) is 4.45. The number of nitrogens with zero attached hydrogens (tertiary/aromatic N) is 2. The number of nitrogens with one attached hydrogen (secondary N) is 2. The number of benzene rings is 3. The van der Waals surface area contributed by atoms with E-state index >= 15 is 0 Å². The van der Waals surface area contributed by atoms with Crippen LogP contribution in [-0.2, 0) is 31.5 Å². The number of hydrogen-bond donors (Lipinski definition) is 3. The van der Waals surface area contributed by atoms with Crippen LogP contribution >= 0.6 is 0 Å². The lowest BCUT2D eigenvalue weighted by Crippen LogP contribution is -2.48. The van der Waals surface area contributed by atoms with Crippen LogP contribution in [0.15, 0.2) is 82.6 Å². The zero-order chi connectivity index (χ0) is 30.2. The van der Waals surface area contributed by atoms with Gasteiger partial charge in [0.2, 0.25) is 16.0 Å². The van der Waals surface area contributed by atoms with E-state index in [4.69, 9.17) is 24.9 Å². The lowest BCUT2D eigenvalue weighted by molar-refractivity contribution is 0.0733. The van der Waals surface area contributed by atoms with Crippen molar-refractivity contribution in [1.29, 1.82) is 5.41 Å². The Morgan fingerprint density at radius 1 is 0.881 bits per heavy atom.